The van der Waals surface area contributed by atoms with Crippen molar-refractivity contribution in [3.63, 3.8) is 0 Å². The number of phenolic OH excluding ortho intramolecular Hbond substituents is 1. The summed E-state index contributed by atoms with van der Waals surface area (Å²) in [6.45, 7) is 9.89. The van der Waals surface area contributed by atoms with Crippen LogP contribution in [0.15, 0.2) is 42.0 Å². The minimum absolute atomic E-state index is 0.142. The highest BCUT2D eigenvalue weighted by molar-refractivity contribution is 6.35. The molecular weight excluding hydrogens is 256 g/mol. The Morgan fingerprint density at radius 2 is 1.79 bits per heavy atom. The molecule has 0 saturated carbocycles. The van der Waals surface area contributed by atoms with Gasteiger partial charge in [0.05, 0.1) is 5.02 Å². The number of aromatic hydroxyl groups is 1. The summed E-state index contributed by atoms with van der Waals surface area (Å²) < 4.78 is 0. The summed E-state index contributed by atoms with van der Waals surface area (Å²) in [6.07, 6.45) is 1.98. The fourth-order valence-corrected chi connectivity index (χ4v) is 2.38. The largest absolute Gasteiger partial charge is 0.506 e. The molecule has 0 aromatic heterocycles. The summed E-state index contributed by atoms with van der Waals surface area (Å²) in [5.41, 5.74) is 3.97. The van der Waals surface area contributed by atoms with Crippen molar-refractivity contribution in [2.45, 2.75) is 20.8 Å². The van der Waals surface area contributed by atoms with Crippen LogP contribution in [0.1, 0.15) is 25.0 Å². The monoisotopic (exact) mass is 272 g/mol. The lowest BCUT2D eigenvalue weighted by Crippen LogP contribution is -1.89. The highest BCUT2D eigenvalue weighted by Gasteiger charge is 2.13. The van der Waals surface area contributed by atoms with Gasteiger partial charge in [0.1, 0.15) is 5.75 Å². The summed E-state index contributed by atoms with van der Waals surface area (Å²) in [4.78, 5) is 0. The lowest BCUT2D eigenvalue weighted by Gasteiger charge is -2.12. The summed E-state index contributed by atoms with van der Waals surface area (Å²) >= 11 is 6.30. The van der Waals surface area contributed by atoms with Crippen LogP contribution in [0.5, 0.6) is 5.75 Å². The number of halogens is 1. The maximum atomic E-state index is 10.2. The molecule has 0 bridgehead atoms. The lowest BCUT2D eigenvalue weighted by atomic mass is 9.96. The van der Waals surface area contributed by atoms with E-state index in [9.17, 15) is 5.11 Å². The molecule has 2 heteroatoms. The van der Waals surface area contributed by atoms with E-state index < -0.39 is 0 Å². The number of aryl methyl sites for hydroxylation is 1. The van der Waals surface area contributed by atoms with Crippen LogP contribution in [-0.4, -0.2) is 5.11 Å². The molecule has 98 valence electrons. The average molecular weight is 273 g/mol. The SMILES string of the molecule is C=C(C)/C(C)=C/c1c(Cl)c(O)c2ccccc2c1C. The molecule has 0 amide bonds. The smallest absolute Gasteiger partial charge is 0.142 e. The molecule has 0 atom stereocenters. The van der Waals surface area contributed by atoms with Gasteiger partial charge < -0.3 is 5.11 Å². The zero-order chi connectivity index (χ0) is 14.2. The number of hydrogen-bond acceptors (Lipinski definition) is 1. The van der Waals surface area contributed by atoms with Crippen LogP contribution >= 0.6 is 11.6 Å². The second-order valence-electron chi connectivity index (χ2n) is 4.85. The Hall–Kier alpha value is -1.73. The fourth-order valence-electron chi connectivity index (χ4n) is 2.08. The molecule has 0 unspecified atom stereocenters. The predicted octanol–water partition coefficient (Wildman–Crippen LogP) is 5.49. The summed E-state index contributed by atoms with van der Waals surface area (Å²) in [7, 11) is 0. The standard InChI is InChI=1S/C17H17ClO/c1-10(2)11(3)9-15-12(4)13-7-5-6-8-14(13)17(19)16(15)18/h5-9,19H,1H2,2-4H3/b11-9+. The number of rotatable bonds is 2. The molecule has 0 spiro atoms. The summed E-state index contributed by atoms with van der Waals surface area (Å²) in [5, 5.41) is 12.4. The van der Waals surface area contributed by atoms with E-state index >= 15 is 0 Å². The van der Waals surface area contributed by atoms with Crippen molar-refractivity contribution in [3.05, 3.63) is 58.1 Å². The second kappa shape index (κ2) is 5.10. The Morgan fingerprint density at radius 1 is 1.21 bits per heavy atom. The Balaban J connectivity index is 2.83. The van der Waals surface area contributed by atoms with Crippen molar-refractivity contribution in [2.75, 3.05) is 0 Å². The molecule has 1 nitrogen and oxygen atoms in total. The molecule has 0 aliphatic heterocycles. The topological polar surface area (TPSA) is 20.2 Å². The molecule has 0 heterocycles. The predicted molar refractivity (Wildman–Crippen MR) is 83.8 cm³/mol. The average Bonchev–Trinajstić information content (AvgIpc) is 2.40. The van der Waals surface area contributed by atoms with Crippen LogP contribution in [0.25, 0.3) is 16.8 Å². The third-order valence-corrected chi connectivity index (χ3v) is 3.85. The number of phenols is 1. The minimum atomic E-state index is 0.142. The van der Waals surface area contributed by atoms with Gasteiger partial charge in [-0.25, -0.2) is 0 Å². The third kappa shape index (κ3) is 2.39. The van der Waals surface area contributed by atoms with Crippen molar-refractivity contribution >= 4 is 28.4 Å². The van der Waals surface area contributed by atoms with Gasteiger partial charge in [-0.2, -0.15) is 0 Å². The van der Waals surface area contributed by atoms with Crippen molar-refractivity contribution < 1.29 is 5.11 Å². The van der Waals surface area contributed by atoms with E-state index in [4.69, 9.17) is 11.6 Å². The van der Waals surface area contributed by atoms with E-state index in [0.717, 1.165) is 33.0 Å². The van der Waals surface area contributed by atoms with Crippen LogP contribution in [0.2, 0.25) is 5.02 Å². The van der Waals surface area contributed by atoms with Gasteiger partial charge in [0.25, 0.3) is 0 Å². The van der Waals surface area contributed by atoms with Gasteiger partial charge in [0.2, 0.25) is 0 Å². The number of fused-ring (bicyclic) bond motifs is 1. The minimum Gasteiger partial charge on any atom is -0.506 e. The van der Waals surface area contributed by atoms with Crippen LogP contribution < -0.4 is 0 Å². The maximum absolute atomic E-state index is 10.2. The van der Waals surface area contributed by atoms with Gasteiger partial charge in [-0.05, 0) is 43.4 Å². The highest BCUT2D eigenvalue weighted by Crippen LogP contribution is 2.39. The Kier molecular flexibility index (Phi) is 3.68. The molecule has 2 rings (SSSR count). The van der Waals surface area contributed by atoms with Crippen LogP contribution in [0, 0.1) is 6.92 Å². The molecular formula is C17H17ClO. The maximum Gasteiger partial charge on any atom is 0.142 e. The molecule has 0 aliphatic rings. The van der Waals surface area contributed by atoms with Crippen molar-refractivity contribution in [1.82, 2.24) is 0 Å². The van der Waals surface area contributed by atoms with Crippen LogP contribution in [0.3, 0.4) is 0 Å². The van der Waals surface area contributed by atoms with Gasteiger partial charge in [0, 0.05) is 10.9 Å². The van der Waals surface area contributed by atoms with Gasteiger partial charge in [0.15, 0.2) is 0 Å². The number of allylic oxidation sites excluding steroid dienone is 2. The highest BCUT2D eigenvalue weighted by atomic mass is 35.5. The van der Waals surface area contributed by atoms with Gasteiger partial charge in [-0.15, -0.1) is 0 Å². The van der Waals surface area contributed by atoms with Crippen LogP contribution in [0.4, 0.5) is 0 Å². The summed E-state index contributed by atoms with van der Waals surface area (Å²) in [5.74, 6) is 0.142. The Morgan fingerprint density at radius 3 is 2.37 bits per heavy atom. The van der Waals surface area contributed by atoms with Gasteiger partial charge in [-0.1, -0.05) is 48.0 Å². The first-order valence-electron chi connectivity index (χ1n) is 6.17. The van der Waals surface area contributed by atoms with E-state index in [0.29, 0.717) is 5.02 Å². The molecule has 19 heavy (non-hydrogen) atoms. The normalized spacial score (nSPS) is 11.9. The Bertz CT molecular complexity index is 696. The van der Waals surface area contributed by atoms with E-state index in [2.05, 4.69) is 6.58 Å². The lowest BCUT2D eigenvalue weighted by molar-refractivity contribution is 0.481. The molecule has 0 aliphatic carbocycles. The first kappa shape index (κ1) is 13.7. The van der Waals surface area contributed by atoms with Crippen molar-refractivity contribution in [1.29, 1.82) is 0 Å². The van der Waals surface area contributed by atoms with E-state index in [1.165, 1.54) is 0 Å². The van der Waals surface area contributed by atoms with Gasteiger partial charge in [-0.3, -0.25) is 0 Å². The zero-order valence-electron chi connectivity index (χ0n) is 11.4. The molecule has 0 fully saturated rings. The fraction of sp³-hybridized carbons (Fsp3) is 0.176. The second-order valence-corrected chi connectivity index (χ2v) is 5.23. The zero-order valence-corrected chi connectivity index (χ0v) is 12.2. The first-order valence-corrected chi connectivity index (χ1v) is 6.55. The molecule has 2 aromatic carbocycles. The quantitative estimate of drug-likeness (QED) is 0.717. The summed E-state index contributed by atoms with van der Waals surface area (Å²) in [6, 6.07) is 7.73. The van der Waals surface area contributed by atoms with E-state index in [1.807, 2.05) is 51.1 Å². The molecule has 0 saturated heterocycles. The molecule has 0 radical (unpaired) electrons. The Labute approximate surface area is 118 Å². The first-order chi connectivity index (χ1) is 8.93. The van der Waals surface area contributed by atoms with E-state index in [-0.39, 0.29) is 5.75 Å². The van der Waals surface area contributed by atoms with Crippen LogP contribution in [-0.2, 0) is 0 Å². The van der Waals surface area contributed by atoms with Crippen molar-refractivity contribution in [3.8, 4) is 5.75 Å². The molecule has 1 N–H and O–H groups in total. The number of hydrogen-bond donors (Lipinski definition) is 1. The van der Waals surface area contributed by atoms with E-state index in [1.54, 1.807) is 0 Å². The van der Waals surface area contributed by atoms with Gasteiger partial charge >= 0.3 is 0 Å². The molecule has 2 aromatic rings. The van der Waals surface area contributed by atoms with Crippen molar-refractivity contribution in [2.24, 2.45) is 0 Å². The number of benzene rings is 2. The third-order valence-electron chi connectivity index (χ3n) is 3.47.